The number of likely N-dealkylation sites (tertiary alicyclic amines) is 2. The van der Waals surface area contributed by atoms with Gasteiger partial charge in [0.15, 0.2) is 11.6 Å². The Hall–Kier alpha value is -1.57. The molecule has 1 aromatic rings. The zero-order valence-corrected chi connectivity index (χ0v) is 14.4. The van der Waals surface area contributed by atoms with Crippen molar-refractivity contribution in [3.63, 3.8) is 0 Å². The monoisotopic (exact) mass is 354 g/mol. The summed E-state index contributed by atoms with van der Waals surface area (Å²) in [4.78, 5) is 15.9. The molecule has 1 aromatic carbocycles. The third kappa shape index (κ3) is 3.99. The fourth-order valence-corrected chi connectivity index (χ4v) is 3.85. The van der Waals surface area contributed by atoms with Gasteiger partial charge in [-0.15, -0.1) is 0 Å². The molecule has 0 saturated carbocycles. The smallest absolute Gasteiger partial charge is 0.248 e. The van der Waals surface area contributed by atoms with Crippen molar-refractivity contribution in [3.8, 4) is 0 Å². The van der Waals surface area contributed by atoms with Gasteiger partial charge in [-0.25, -0.2) is 8.78 Å². The first-order chi connectivity index (χ1) is 11.9. The van der Waals surface area contributed by atoms with Gasteiger partial charge >= 0.3 is 0 Å². The number of hydrogen-bond acceptors (Lipinski definition) is 4. The van der Waals surface area contributed by atoms with Gasteiger partial charge in [0.05, 0.1) is 5.60 Å². The second-order valence-corrected chi connectivity index (χ2v) is 7.06. The number of carbonyl (C=O) groups is 1. The summed E-state index contributed by atoms with van der Waals surface area (Å²) >= 11 is 0. The summed E-state index contributed by atoms with van der Waals surface area (Å²) in [6.07, 6.45) is 1.18. The van der Waals surface area contributed by atoms with Crippen LogP contribution in [0.5, 0.6) is 0 Å². The molecular formula is C18H24F2N2O3. The molecule has 3 rings (SSSR count). The van der Waals surface area contributed by atoms with Gasteiger partial charge in [-0.3, -0.25) is 9.69 Å². The van der Waals surface area contributed by atoms with Crippen LogP contribution in [0, 0.1) is 17.6 Å². The Morgan fingerprint density at radius 2 is 2.04 bits per heavy atom. The third-order valence-electron chi connectivity index (χ3n) is 5.37. The van der Waals surface area contributed by atoms with E-state index < -0.39 is 17.2 Å². The number of halogens is 2. The van der Waals surface area contributed by atoms with E-state index in [0.29, 0.717) is 51.1 Å². The molecule has 5 nitrogen and oxygen atoms in total. The van der Waals surface area contributed by atoms with E-state index in [-0.39, 0.29) is 18.4 Å². The maximum Gasteiger partial charge on any atom is 0.248 e. The van der Waals surface area contributed by atoms with Crippen molar-refractivity contribution in [2.45, 2.75) is 25.0 Å². The number of methoxy groups -OCH3 is 1. The van der Waals surface area contributed by atoms with Crippen molar-refractivity contribution in [2.75, 3.05) is 39.9 Å². The number of rotatable bonds is 4. The molecule has 0 spiro atoms. The number of piperidine rings is 2. The van der Waals surface area contributed by atoms with Crippen molar-refractivity contribution in [3.05, 3.63) is 35.4 Å². The van der Waals surface area contributed by atoms with Crippen LogP contribution in [0.4, 0.5) is 8.78 Å². The van der Waals surface area contributed by atoms with Gasteiger partial charge in [0, 0.05) is 45.8 Å². The molecule has 2 saturated heterocycles. The molecule has 0 unspecified atom stereocenters. The highest BCUT2D eigenvalue weighted by molar-refractivity contribution is 5.77. The standard InChI is InChI=1S/C18H24F2N2O3/c1-25-12-17(23)22-7-5-18(24)4-6-21(10-14(18)11-22)9-13-2-3-15(19)16(20)8-13/h2-3,8,14,24H,4-7,9-12H2,1H3/t14-,18-/m0/s1. The number of carbonyl (C=O) groups excluding carboxylic acids is 1. The highest BCUT2D eigenvalue weighted by Crippen LogP contribution is 2.36. The van der Waals surface area contributed by atoms with Gasteiger partial charge in [0.25, 0.3) is 0 Å². The molecule has 2 fully saturated rings. The molecule has 7 heteroatoms. The predicted molar refractivity (Wildman–Crippen MR) is 87.8 cm³/mol. The fraction of sp³-hybridized carbons (Fsp3) is 0.611. The van der Waals surface area contributed by atoms with Crippen LogP contribution in [-0.2, 0) is 16.1 Å². The van der Waals surface area contributed by atoms with E-state index in [1.807, 2.05) is 0 Å². The summed E-state index contributed by atoms with van der Waals surface area (Å²) in [7, 11) is 1.49. The summed E-state index contributed by atoms with van der Waals surface area (Å²) in [6.45, 7) is 2.88. The summed E-state index contributed by atoms with van der Waals surface area (Å²) in [5, 5.41) is 10.9. The minimum atomic E-state index is -0.851. The Morgan fingerprint density at radius 3 is 2.76 bits per heavy atom. The Bertz CT molecular complexity index is 643. The average molecular weight is 354 g/mol. The molecule has 138 valence electrons. The van der Waals surface area contributed by atoms with E-state index in [1.54, 1.807) is 11.0 Å². The van der Waals surface area contributed by atoms with Gasteiger partial charge in [0.1, 0.15) is 6.61 Å². The van der Waals surface area contributed by atoms with Gasteiger partial charge in [-0.2, -0.15) is 0 Å². The van der Waals surface area contributed by atoms with Crippen LogP contribution < -0.4 is 0 Å². The van der Waals surface area contributed by atoms with Crippen LogP contribution in [0.1, 0.15) is 18.4 Å². The lowest BCUT2D eigenvalue weighted by Crippen LogP contribution is -2.60. The number of ether oxygens (including phenoxy) is 1. The molecule has 1 N–H and O–H groups in total. The number of hydrogen-bond donors (Lipinski definition) is 1. The maximum atomic E-state index is 13.4. The minimum Gasteiger partial charge on any atom is -0.389 e. The van der Waals surface area contributed by atoms with E-state index in [4.69, 9.17) is 4.74 Å². The topological polar surface area (TPSA) is 53.0 Å². The van der Waals surface area contributed by atoms with Crippen LogP contribution in [-0.4, -0.2) is 66.3 Å². The number of aliphatic hydroxyl groups is 1. The highest BCUT2D eigenvalue weighted by atomic mass is 19.2. The normalized spacial score (nSPS) is 27.2. The molecule has 2 aliphatic rings. The first kappa shape index (κ1) is 18.2. The fourth-order valence-electron chi connectivity index (χ4n) is 3.85. The molecular weight excluding hydrogens is 330 g/mol. The first-order valence-electron chi connectivity index (χ1n) is 8.56. The van der Waals surface area contributed by atoms with E-state index >= 15 is 0 Å². The molecule has 2 aliphatic heterocycles. The van der Waals surface area contributed by atoms with Gasteiger partial charge < -0.3 is 14.7 Å². The van der Waals surface area contributed by atoms with E-state index in [9.17, 15) is 18.7 Å². The zero-order chi connectivity index (χ0) is 18.0. The molecule has 0 radical (unpaired) electrons. The van der Waals surface area contributed by atoms with Crippen LogP contribution in [0.15, 0.2) is 18.2 Å². The lowest BCUT2D eigenvalue weighted by molar-refractivity contribution is -0.150. The van der Waals surface area contributed by atoms with Crippen molar-refractivity contribution < 1.29 is 23.4 Å². The zero-order valence-electron chi connectivity index (χ0n) is 14.4. The van der Waals surface area contributed by atoms with Crippen molar-refractivity contribution in [1.82, 2.24) is 9.80 Å². The second-order valence-electron chi connectivity index (χ2n) is 7.06. The van der Waals surface area contributed by atoms with Gasteiger partial charge in [-0.05, 0) is 30.5 Å². The van der Waals surface area contributed by atoms with Crippen LogP contribution >= 0.6 is 0 Å². The van der Waals surface area contributed by atoms with Crippen LogP contribution in [0.25, 0.3) is 0 Å². The Balaban J connectivity index is 1.64. The Morgan fingerprint density at radius 1 is 1.28 bits per heavy atom. The molecule has 25 heavy (non-hydrogen) atoms. The van der Waals surface area contributed by atoms with Gasteiger partial charge in [0.2, 0.25) is 5.91 Å². The molecule has 0 bridgehead atoms. The number of fused-ring (bicyclic) bond motifs is 1. The minimum absolute atomic E-state index is 0.0454. The third-order valence-corrected chi connectivity index (χ3v) is 5.37. The summed E-state index contributed by atoms with van der Waals surface area (Å²) in [5.41, 5.74) is -0.0542. The quantitative estimate of drug-likeness (QED) is 0.888. The number of benzene rings is 1. The van der Waals surface area contributed by atoms with Crippen LogP contribution in [0.3, 0.4) is 0 Å². The largest absolute Gasteiger partial charge is 0.389 e. The summed E-state index contributed by atoms with van der Waals surface area (Å²) in [6, 6.07) is 3.93. The SMILES string of the molecule is COCC(=O)N1CC[C@@]2(O)CCN(Cc3ccc(F)c(F)c3)C[C@H]2C1. The Kier molecular flexibility index (Phi) is 5.36. The van der Waals surface area contributed by atoms with Crippen molar-refractivity contribution >= 4 is 5.91 Å². The first-order valence-corrected chi connectivity index (χ1v) is 8.56. The van der Waals surface area contributed by atoms with Crippen molar-refractivity contribution in [2.24, 2.45) is 5.92 Å². The van der Waals surface area contributed by atoms with Gasteiger partial charge in [-0.1, -0.05) is 6.07 Å². The van der Waals surface area contributed by atoms with E-state index in [0.717, 1.165) is 6.07 Å². The average Bonchev–Trinajstić information content (AvgIpc) is 2.58. The molecule has 2 heterocycles. The van der Waals surface area contributed by atoms with E-state index in [1.165, 1.54) is 13.2 Å². The van der Waals surface area contributed by atoms with E-state index in [2.05, 4.69) is 4.90 Å². The summed E-state index contributed by atoms with van der Waals surface area (Å²) < 4.78 is 31.4. The molecule has 0 aromatic heterocycles. The number of amides is 1. The Labute approximate surface area is 146 Å². The highest BCUT2D eigenvalue weighted by Gasteiger charge is 2.45. The lowest BCUT2D eigenvalue weighted by atomic mass is 9.75. The van der Waals surface area contributed by atoms with Crippen LogP contribution in [0.2, 0.25) is 0 Å². The molecule has 2 atom stereocenters. The second kappa shape index (κ2) is 7.35. The summed E-state index contributed by atoms with van der Waals surface area (Å²) in [5.74, 6) is -1.82. The lowest BCUT2D eigenvalue weighted by Gasteiger charge is -2.50. The molecule has 0 aliphatic carbocycles. The maximum absolute atomic E-state index is 13.4. The van der Waals surface area contributed by atoms with Crippen molar-refractivity contribution in [1.29, 1.82) is 0 Å². The number of nitrogens with zero attached hydrogens (tertiary/aromatic N) is 2. The predicted octanol–water partition coefficient (Wildman–Crippen LogP) is 1.40. The molecule has 1 amide bonds.